The van der Waals surface area contributed by atoms with E-state index < -0.39 is 44.4 Å². The van der Waals surface area contributed by atoms with Crippen molar-refractivity contribution in [2.45, 2.75) is 51.8 Å². The van der Waals surface area contributed by atoms with Crippen molar-refractivity contribution in [2.75, 3.05) is 19.4 Å². The molecule has 0 bridgehead atoms. The van der Waals surface area contributed by atoms with Crippen molar-refractivity contribution in [1.29, 1.82) is 0 Å². The summed E-state index contributed by atoms with van der Waals surface area (Å²) < 4.78 is 29.2. The molecule has 0 unspecified atom stereocenters. The van der Waals surface area contributed by atoms with E-state index in [9.17, 15) is 18.8 Å². The maximum absolute atomic E-state index is 13.4. The Morgan fingerprint density at radius 2 is 2.10 bits per heavy atom. The number of hydrogen-bond donors (Lipinski definition) is 1. The summed E-state index contributed by atoms with van der Waals surface area (Å²) in [4.78, 5) is 45.1. The third-order valence-electron chi connectivity index (χ3n) is 4.27. The monoisotopic (exact) mass is 475 g/mol. The molecule has 1 aromatic heterocycles. The van der Waals surface area contributed by atoms with Crippen molar-refractivity contribution in [3.05, 3.63) is 23.2 Å². The number of pyridine rings is 1. The van der Waals surface area contributed by atoms with Crippen LogP contribution in [0.5, 0.6) is 5.75 Å². The highest BCUT2D eigenvalue weighted by atomic mass is 35.5. The molecule has 9 nitrogen and oxygen atoms in total. The van der Waals surface area contributed by atoms with Crippen LogP contribution in [-0.4, -0.2) is 67.8 Å². The van der Waals surface area contributed by atoms with Gasteiger partial charge in [-0.05, 0) is 40.2 Å². The number of nitrogens with zero attached hydrogens (tertiary/aromatic N) is 2. The summed E-state index contributed by atoms with van der Waals surface area (Å²) in [6, 6.07) is 0.871. The van der Waals surface area contributed by atoms with Gasteiger partial charge in [-0.1, -0.05) is 11.6 Å². The number of carbonyl (C=O) groups is 3. The Bertz CT molecular complexity index is 822. The van der Waals surface area contributed by atoms with Gasteiger partial charge in [-0.2, -0.15) is 0 Å². The normalized spacial score (nSPS) is 18.8. The van der Waals surface area contributed by atoms with E-state index in [1.165, 1.54) is 11.1 Å². The average molecular weight is 476 g/mol. The lowest BCUT2D eigenvalue weighted by Gasteiger charge is -2.38. The van der Waals surface area contributed by atoms with Crippen molar-refractivity contribution in [3.8, 4) is 5.75 Å². The van der Waals surface area contributed by atoms with Crippen molar-refractivity contribution < 1.29 is 33.0 Å². The predicted octanol–water partition coefficient (Wildman–Crippen LogP) is 2.20. The van der Waals surface area contributed by atoms with E-state index in [2.05, 4.69) is 9.97 Å². The first-order valence-corrected chi connectivity index (χ1v) is 12.5. The minimum absolute atomic E-state index is 0.0696. The Hall–Kier alpha value is -2.40. The van der Waals surface area contributed by atoms with Gasteiger partial charge in [0.1, 0.15) is 17.4 Å². The summed E-state index contributed by atoms with van der Waals surface area (Å²) in [5.74, 6) is -1.59. The predicted molar refractivity (Wildman–Crippen MR) is 113 cm³/mol. The molecule has 1 fully saturated rings. The molecule has 2 heterocycles. The van der Waals surface area contributed by atoms with Gasteiger partial charge in [0.15, 0.2) is 26.5 Å². The van der Waals surface area contributed by atoms with Gasteiger partial charge in [0, 0.05) is 12.2 Å². The second kappa shape index (κ2) is 10.8. The minimum Gasteiger partial charge on any atom is -0.482 e. The van der Waals surface area contributed by atoms with Crippen LogP contribution in [0.2, 0.25) is 11.2 Å². The SMILES string of the molecule is CCOC(=O)[C@H]1CC[Si@H](NC(=O)COc2cnc(Cl)c(F)c2)CN1C(=O)OC(C)(C)C. The Morgan fingerprint density at radius 1 is 1.39 bits per heavy atom. The summed E-state index contributed by atoms with van der Waals surface area (Å²) in [6.45, 7) is 6.75. The lowest BCUT2D eigenvalue weighted by Crippen LogP contribution is -2.59. The summed E-state index contributed by atoms with van der Waals surface area (Å²) in [6.07, 6.45) is 1.16. The van der Waals surface area contributed by atoms with E-state index in [4.69, 9.17) is 25.8 Å². The first-order chi connectivity index (χ1) is 14.5. The van der Waals surface area contributed by atoms with Gasteiger partial charge in [0.05, 0.1) is 12.8 Å². The van der Waals surface area contributed by atoms with Crippen LogP contribution in [0.4, 0.5) is 9.18 Å². The summed E-state index contributed by atoms with van der Waals surface area (Å²) in [7, 11) is -1.98. The van der Waals surface area contributed by atoms with Crippen molar-refractivity contribution in [2.24, 2.45) is 0 Å². The van der Waals surface area contributed by atoms with E-state index in [0.717, 1.165) is 6.07 Å². The van der Waals surface area contributed by atoms with Crippen molar-refractivity contribution >= 4 is 38.5 Å². The van der Waals surface area contributed by atoms with Crippen LogP contribution in [-0.2, 0) is 19.1 Å². The average Bonchev–Trinajstić information content (AvgIpc) is 2.67. The molecule has 1 aromatic rings. The largest absolute Gasteiger partial charge is 0.482 e. The zero-order chi connectivity index (χ0) is 23.2. The number of aromatic nitrogens is 1. The standard InChI is InChI=1S/C19H27ClFN3O6Si/c1-5-28-17(26)14-6-7-31(11-24(14)18(27)30-19(2,3)4)23-15(25)10-29-12-8-13(21)16(20)22-9-12/h8-9,14,31H,5-7,10-11H2,1-4H3,(H,23,25)/t14-,31+/m1/s1. The Morgan fingerprint density at radius 3 is 2.71 bits per heavy atom. The molecule has 2 atom stereocenters. The van der Waals surface area contributed by atoms with E-state index in [-0.39, 0.29) is 30.3 Å². The highest BCUT2D eigenvalue weighted by molar-refractivity contribution is 6.59. The third-order valence-corrected chi connectivity index (χ3v) is 7.15. The van der Waals surface area contributed by atoms with E-state index in [1.807, 2.05) is 0 Å². The highest BCUT2D eigenvalue weighted by Gasteiger charge is 2.40. The fraction of sp³-hybridized carbons (Fsp3) is 0.579. The summed E-state index contributed by atoms with van der Waals surface area (Å²) in [5.41, 5.74) is -0.732. The fourth-order valence-electron chi connectivity index (χ4n) is 3.00. The van der Waals surface area contributed by atoms with Crippen molar-refractivity contribution in [1.82, 2.24) is 14.9 Å². The van der Waals surface area contributed by atoms with Gasteiger partial charge in [0.2, 0.25) is 5.91 Å². The number of nitrogens with one attached hydrogen (secondary N) is 1. The number of ether oxygens (including phenoxy) is 3. The molecule has 0 saturated carbocycles. The second-order valence-electron chi connectivity index (χ2n) is 7.97. The first kappa shape index (κ1) is 24.9. The van der Waals surface area contributed by atoms with Crippen LogP contribution >= 0.6 is 11.6 Å². The van der Waals surface area contributed by atoms with E-state index in [0.29, 0.717) is 12.5 Å². The van der Waals surface area contributed by atoms with Gasteiger partial charge in [-0.3, -0.25) is 9.69 Å². The van der Waals surface area contributed by atoms with Crippen LogP contribution in [0.15, 0.2) is 12.3 Å². The second-order valence-corrected chi connectivity index (χ2v) is 11.0. The topological polar surface area (TPSA) is 107 Å². The number of esters is 1. The molecule has 1 saturated heterocycles. The number of rotatable bonds is 6. The van der Waals surface area contributed by atoms with Gasteiger partial charge in [-0.25, -0.2) is 19.0 Å². The molecular formula is C19H27ClFN3O6Si. The first-order valence-electron chi connectivity index (χ1n) is 9.89. The number of halogens is 2. The summed E-state index contributed by atoms with van der Waals surface area (Å²) >= 11 is 5.51. The zero-order valence-electron chi connectivity index (χ0n) is 17.9. The lowest BCUT2D eigenvalue weighted by atomic mass is 10.2. The molecule has 0 radical (unpaired) electrons. The van der Waals surface area contributed by atoms with Crippen LogP contribution in [0.3, 0.4) is 0 Å². The van der Waals surface area contributed by atoms with E-state index >= 15 is 0 Å². The molecule has 1 aliphatic heterocycles. The molecule has 0 aromatic carbocycles. The molecule has 12 heteroatoms. The molecule has 172 valence electrons. The van der Waals surface area contributed by atoms with Crippen LogP contribution in [0, 0.1) is 5.82 Å². The fourth-order valence-corrected chi connectivity index (χ4v) is 5.65. The molecule has 1 aliphatic rings. The quantitative estimate of drug-likeness (QED) is 0.382. The maximum Gasteiger partial charge on any atom is 0.410 e. The molecule has 0 spiro atoms. The molecule has 1 N–H and O–H groups in total. The number of amides is 2. The summed E-state index contributed by atoms with van der Waals surface area (Å²) in [5, 5.41) is -0.287. The lowest BCUT2D eigenvalue weighted by molar-refractivity contribution is -0.149. The number of hydrogen-bond acceptors (Lipinski definition) is 7. The van der Waals surface area contributed by atoms with Gasteiger partial charge in [-0.15, -0.1) is 0 Å². The Kier molecular flexibility index (Phi) is 8.63. The smallest absolute Gasteiger partial charge is 0.410 e. The Labute approximate surface area is 186 Å². The molecule has 2 rings (SSSR count). The highest BCUT2D eigenvalue weighted by Crippen LogP contribution is 2.22. The van der Waals surface area contributed by atoms with Gasteiger partial charge >= 0.3 is 12.1 Å². The molecule has 31 heavy (non-hydrogen) atoms. The minimum atomic E-state index is -1.98. The van der Waals surface area contributed by atoms with Crippen LogP contribution in [0.25, 0.3) is 0 Å². The molecule has 2 amide bonds. The van der Waals surface area contributed by atoms with Crippen molar-refractivity contribution in [3.63, 3.8) is 0 Å². The third kappa shape index (κ3) is 7.66. The van der Waals surface area contributed by atoms with Crippen LogP contribution in [0.1, 0.15) is 34.1 Å². The molecule has 0 aliphatic carbocycles. The van der Waals surface area contributed by atoms with E-state index in [1.54, 1.807) is 27.7 Å². The van der Waals surface area contributed by atoms with Gasteiger partial charge in [0.25, 0.3) is 0 Å². The zero-order valence-corrected chi connectivity index (χ0v) is 19.9. The number of carbonyl (C=O) groups excluding carboxylic acids is 3. The molecular weight excluding hydrogens is 449 g/mol. The Balaban J connectivity index is 1.98. The maximum atomic E-state index is 13.4. The van der Waals surface area contributed by atoms with Crippen LogP contribution < -0.4 is 9.72 Å². The van der Waals surface area contributed by atoms with Gasteiger partial charge < -0.3 is 19.2 Å².